The Morgan fingerprint density at radius 3 is 2.93 bits per heavy atom. The first-order chi connectivity index (χ1) is 6.65. The third kappa shape index (κ3) is 1.26. The van der Waals surface area contributed by atoms with Gasteiger partial charge in [0.2, 0.25) is 0 Å². The number of rotatable bonds is 2. The summed E-state index contributed by atoms with van der Waals surface area (Å²) < 4.78 is 2.22. The van der Waals surface area contributed by atoms with Gasteiger partial charge in [0, 0.05) is 29.2 Å². The smallest absolute Gasteiger partial charge is 0.194 e. The molecule has 0 bridgehead atoms. The lowest BCUT2D eigenvalue weighted by Gasteiger charge is -2.07. The maximum absolute atomic E-state index is 5.68. The average Bonchev–Trinajstić information content (AvgIpc) is 2.68. The van der Waals surface area contributed by atoms with Crippen molar-refractivity contribution < 1.29 is 0 Å². The zero-order valence-electron chi connectivity index (χ0n) is 8.74. The Morgan fingerprint density at radius 2 is 2.29 bits per heavy atom. The van der Waals surface area contributed by atoms with Crippen LogP contribution in [-0.4, -0.2) is 15.9 Å². The first-order valence-electron chi connectivity index (χ1n) is 4.78. The zero-order valence-corrected chi connectivity index (χ0v) is 9.56. The Labute approximate surface area is 87.6 Å². The summed E-state index contributed by atoms with van der Waals surface area (Å²) in [6.45, 7) is 6.99. The summed E-state index contributed by atoms with van der Waals surface area (Å²) >= 11 is 1.69. The highest BCUT2D eigenvalue weighted by Crippen LogP contribution is 2.25. The minimum atomic E-state index is 0.399. The van der Waals surface area contributed by atoms with Crippen molar-refractivity contribution in [2.45, 2.75) is 26.7 Å². The van der Waals surface area contributed by atoms with Crippen LogP contribution in [0.1, 0.15) is 29.9 Å². The van der Waals surface area contributed by atoms with E-state index in [2.05, 4.69) is 28.6 Å². The molecule has 0 spiro atoms. The van der Waals surface area contributed by atoms with E-state index < -0.39 is 0 Å². The van der Waals surface area contributed by atoms with Gasteiger partial charge in [0.15, 0.2) is 4.96 Å². The molecule has 0 aliphatic rings. The van der Waals surface area contributed by atoms with E-state index in [4.69, 9.17) is 5.73 Å². The Balaban J connectivity index is 2.66. The lowest BCUT2D eigenvalue weighted by molar-refractivity contribution is 0.733. The van der Waals surface area contributed by atoms with E-state index in [1.165, 1.54) is 11.4 Å². The number of hydrogen-bond acceptors (Lipinski definition) is 3. The highest BCUT2D eigenvalue weighted by Gasteiger charge is 2.14. The van der Waals surface area contributed by atoms with Crippen molar-refractivity contribution in [1.82, 2.24) is 9.38 Å². The lowest BCUT2D eigenvalue weighted by Crippen LogP contribution is -2.11. The van der Waals surface area contributed by atoms with Crippen molar-refractivity contribution >= 4 is 16.3 Å². The molecule has 0 amide bonds. The molecule has 1 unspecified atom stereocenters. The fourth-order valence-electron chi connectivity index (χ4n) is 1.59. The van der Waals surface area contributed by atoms with E-state index in [-0.39, 0.29) is 0 Å². The molecule has 2 aromatic rings. The minimum absolute atomic E-state index is 0.399. The maximum atomic E-state index is 5.68. The van der Waals surface area contributed by atoms with Crippen LogP contribution in [0.25, 0.3) is 4.96 Å². The molecule has 0 saturated heterocycles. The summed E-state index contributed by atoms with van der Waals surface area (Å²) in [6.07, 6.45) is 0. The Hall–Kier alpha value is -0.870. The quantitative estimate of drug-likeness (QED) is 0.823. The van der Waals surface area contributed by atoms with E-state index >= 15 is 0 Å². The highest BCUT2D eigenvalue weighted by molar-refractivity contribution is 7.15. The molecular weight excluding hydrogens is 194 g/mol. The molecule has 0 aliphatic heterocycles. The van der Waals surface area contributed by atoms with Gasteiger partial charge in [-0.05, 0) is 13.8 Å². The SMILES string of the molecule is Cc1nc2scc(C(C)CN)n2c1C. The zero-order chi connectivity index (χ0) is 10.3. The van der Waals surface area contributed by atoms with E-state index in [0.717, 1.165) is 10.7 Å². The second kappa shape index (κ2) is 3.37. The van der Waals surface area contributed by atoms with Gasteiger partial charge in [0.25, 0.3) is 0 Å². The summed E-state index contributed by atoms with van der Waals surface area (Å²) in [7, 11) is 0. The van der Waals surface area contributed by atoms with Crippen molar-refractivity contribution in [2.75, 3.05) is 6.54 Å². The number of aryl methyl sites for hydroxylation is 2. The van der Waals surface area contributed by atoms with Crippen LogP contribution in [0.3, 0.4) is 0 Å². The summed E-state index contributed by atoms with van der Waals surface area (Å²) in [5, 5.41) is 2.16. The molecule has 4 heteroatoms. The van der Waals surface area contributed by atoms with Crippen molar-refractivity contribution in [1.29, 1.82) is 0 Å². The fourth-order valence-corrected chi connectivity index (χ4v) is 2.69. The van der Waals surface area contributed by atoms with Crippen LogP contribution in [0.5, 0.6) is 0 Å². The van der Waals surface area contributed by atoms with Gasteiger partial charge in [-0.1, -0.05) is 6.92 Å². The van der Waals surface area contributed by atoms with Crippen molar-refractivity contribution in [2.24, 2.45) is 5.73 Å². The van der Waals surface area contributed by atoms with Gasteiger partial charge in [-0.2, -0.15) is 0 Å². The summed E-state index contributed by atoms with van der Waals surface area (Å²) in [5.74, 6) is 0.399. The van der Waals surface area contributed by atoms with Crippen molar-refractivity contribution in [3.63, 3.8) is 0 Å². The summed E-state index contributed by atoms with van der Waals surface area (Å²) in [5.41, 5.74) is 9.31. The molecule has 14 heavy (non-hydrogen) atoms. The van der Waals surface area contributed by atoms with Crippen LogP contribution in [0, 0.1) is 13.8 Å². The topological polar surface area (TPSA) is 43.3 Å². The third-order valence-electron chi connectivity index (χ3n) is 2.72. The Morgan fingerprint density at radius 1 is 1.57 bits per heavy atom. The second-order valence-electron chi connectivity index (χ2n) is 3.70. The Bertz CT molecular complexity index is 455. The van der Waals surface area contributed by atoms with Gasteiger partial charge in [0.1, 0.15) is 0 Å². The van der Waals surface area contributed by atoms with E-state index in [0.29, 0.717) is 12.5 Å². The largest absolute Gasteiger partial charge is 0.330 e. The predicted molar refractivity (Wildman–Crippen MR) is 60.0 cm³/mol. The molecule has 76 valence electrons. The number of hydrogen-bond donors (Lipinski definition) is 1. The van der Waals surface area contributed by atoms with E-state index in [9.17, 15) is 0 Å². The monoisotopic (exact) mass is 209 g/mol. The summed E-state index contributed by atoms with van der Waals surface area (Å²) in [4.78, 5) is 5.57. The predicted octanol–water partition coefficient (Wildman–Crippen LogP) is 2.07. The van der Waals surface area contributed by atoms with Gasteiger partial charge in [-0.3, -0.25) is 4.40 Å². The number of fused-ring (bicyclic) bond motifs is 1. The number of nitrogens with two attached hydrogens (primary N) is 1. The molecule has 0 aromatic carbocycles. The molecule has 1 atom stereocenters. The summed E-state index contributed by atoms with van der Waals surface area (Å²) in [6, 6.07) is 0. The molecule has 0 radical (unpaired) electrons. The average molecular weight is 209 g/mol. The minimum Gasteiger partial charge on any atom is -0.330 e. The molecule has 2 heterocycles. The number of thiazole rings is 1. The highest BCUT2D eigenvalue weighted by atomic mass is 32.1. The molecule has 2 aromatic heterocycles. The van der Waals surface area contributed by atoms with Crippen LogP contribution in [0.15, 0.2) is 5.38 Å². The molecule has 2 rings (SSSR count). The normalized spacial score (nSPS) is 13.7. The van der Waals surface area contributed by atoms with Gasteiger partial charge in [-0.25, -0.2) is 4.98 Å². The van der Waals surface area contributed by atoms with E-state index in [1.807, 2.05) is 6.92 Å². The van der Waals surface area contributed by atoms with Crippen LogP contribution in [-0.2, 0) is 0 Å². The lowest BCUT2D eigenvalue weighted by atomic mass is 10.1. The van der Waals surface area contributed by atoms with Crippen LogP contribution < -0.4 is 5.73 Å². The van der Waals surface area contributed by atoms with Gasteiger partial charge < -0.3 is 5.73 Å². The molecule has 0 saturated carbocycles. The number of nitrogens with zero attached hydrogens (tertiary/aromatic N) is 2. The molecular formula is C10H15N3S. The molecule has 0 fully saturated rings. The van der Waals surface area contributed by atoms with Crippen LogP contribution >= 0.6 is 11.3 Å². The van der Waals surface area contributed by atoms with E-state index in [1.54, 1.807) is 11.3 Å². The standard InChI is InChI=1S/C10H15N3S/c1-6(4-11)9-5-14-10-12-7(2)8(3)13(9)10/h5-6H,4,11H2,1-3H3. The van der Waals surface area contributed by atoms with Crippen molar-refractivity contribution in [3.8, 4) is 0 Å². The number of aromatic nitrogens is 2. The van der Waals surface area contributed by atoms with Crippen molar-refractivity contribution in [3.05, 3.63) is 22.5 Å². The number of imidazole rings is 1. The van der Waals surface area contributed by atoms with Crippen LogP contribution in [0.4, 0.5) is 0 Å². The third-order valence-corrected chi connectivity index (χ3v) is 3.56. The Kier molecular flexibility index (Phi) is 2.33. The van der Waals surface area contributed by atoms with Gasteiger partial charge in [0.05, 0.1) is 5.69 Å². The van der Waals surface area contributed by atoms with Gasteiger partial charge >= 0.3 is 0 Å². The second-order valence-corrected chi connectivity index (χ2v) is 4.53. The molecule has 0 aliphatic carbocycles. The first-order valence-corrected chi connectivity index (χ1v) is 5.66. The molecule has 2 N–H and O–H groups in total. The molecule has 3 nitrogen and oxygen atoms in total. The van der Waals surface area contributed by atoms with Crippen LogP contribution in [0.2, 0.25) is 0 Å². The van der Waals surface area contributed by atoms with Gasteiger partial charge in [-0.15, -0.1) is 11.3 Å². The maximum Gasteiger partial charge on any atom is 0.194 e. The fraction of sp³-hybridized carbons (Fsp3) is 0.500. The first kappa shape index (κ1) is 9.68.